The highest BCUT2D eigenvalue weighted by Gasteiger charge is 2.36. The van der Waals surface area contributed by atoms with Gasteiger partial charge >= 0.3 is 0 Å². The van der Waals surface area contributed by atoms with Crippen LogP contribution in [0.1, 0.15) is 20.7 Å². The molecule has 0 N–H and O–H groups in total. The van der Waals surface area contributed by atoms with Crippen molar-refractivity contribution in [1.82, 2.24) is 0 Å². The van der Waals surface area contributed by atoms with Gasteiger partial charge in [-0.05, 0) is 41.1 Å². The number of imide groups is 1. The Bertz CT molecular complexity index is 831. The van der Waals surface area contributed by atoms with E-state index in [1.807, 2.05) is 29.6 Å². The van der Waals surface area contributed by atoms with Crippen LogP contribution in [0.2, 0.25) is 0 Å². The van der Waals surface area contributed by atoms with Crippen LogP contribution in [0, 0.1) is 0 Å². The predicted molar refractivity (Wildman–Crippen MR) is 79.4 cm³/mol. The molecule has 0 fully saturated rings. The van der Waals surface area contributed by atoms with Gasteiger partial charge in [0.25, 0.3) is 11.8 Å². The van der Waals surface area contributed by atoms with Gasteiger partial charge in [0, 0.05) is 4.70 Å². The number of carbonyl (C=O) groups is 2. The normalized spacial score (nSPS) is 14.1. The number of rotatable bonds is 1. The Kier molecular flexibility index (Phi) is 2.28. The summed E-state index contributed by atoms with van der Waals surface area (Å²) in [6.07, 6.45) is 0. The van der Waals surface area contributed by atoms with Crippen LogP contribution in [-0.2, 0) is 0 Å². The summed E-state index contributed by atoms with van der Waals surface area (Å²) in [5, 5.41) is 3.12. The van der Waals surface area contributed by atoms with Crippen LogP contribution in [0.25, 0.3) is 10.1 Å². The first-order valence-electron chi connectivity index (χ1n) is 6.21. The van der Waals surface area contributed by atoms with Gasteiger partial charge in [-0.3, -0.25) is 9.59 Å². The Morgan fingerprint density at radius 3 is 2.25 bits per heavy atom. The first-order valence-corrected chi connectivity index (χ1v) is 7.09. The fraction of sp³-hybridized carbons (Fsp3) is 0. The lowest BCUT2D eigenvalue weighted by Crippen LogP contribution is -2.29. The summed E-state index contributed by atoms with van der Waals surface area (Å²) in [4.78, 5) is 26.0. The van der Waals surface area contributed by atoms with Crippen molar-refractivity contribution in [3.63, 3.8) is 0 Å². The lowest BCUT2D eigenvalue weighted by molar-refractivity contribution is 0.0926. The van der Waals surface area contributed by atoms with E-state index in [0.29, 0.717) is 16.8 Å². The molecule has 0 spiro atoms. The molecule has 0 saturated heterocycles. The quantitative estimate of drug-likeness (QED) is 0.637. The molecule has 1 aliphatic rings. The SMILES string of the molecule is O=C1c2ccccc2C(=O)N1c1ccc2ccsc2c1. The lowest BCUT2D eigenvalue weighted by Gasteiger charge is -2.13. The second-order valence-corrected chi connectivity index (χ2v) is 5.58. The van der Waals surface area contributed by atoms with Gasteiger partial charge in [0.2, 0.25) is 0 Å². The molecule has 0 saturated carbocycles. The van der Waals surface area contributed by atoms with Crippen LogP contribution in [0.15, 0.2) is 53.9 Å². The molecule has 1 aliphatic heterocycles. The van der Waals surface area contributed by atoms with Gasteiger partial charge in [-0.15, -0.1) is 11.3 Å². The first kappa shape index (κ1) is 11.4. The van der Waals surface area contributed by atoms with Crippen molar-refractivity contribution in [3.05, 3.63) is 65.0 Å². The molecule has 2 amide bonds. The number of nitrogens with zero attached hydrogens (tertiary/aromatic N) is 1. The van der Waals surface area contributed by atoms with Crippen LogP contribution < -0.4 is 4.90 Å². The zero-order chi connectivity index (χ0) is 13.7. The third-order valence-electron chi connectivity index (χ3n) is 3.49. The van der Waals surface area contributed by atoms with Crippen molar-refractivity contribution in [1.29, 1.82) is 0 Å². The first-order chi connectivity index (χ1) is 9.75. The Hall–Kier alpha value is -2.46. The van der Waals surface area contributed by atoms with Gasteiger partial charge in [0.15, 0.2) is 0 Å². The fourth-order valence-electron chi connectivity index (χ4n) is 2.51. The van der Waals surface area contributed by atoms with Gasteiger partial charge in [-0.25, -0.2) is 4.90 Å². The van der Waals surface area contributed by atoms with Gasteiger partial charge in [-0.1, -0.05) is 18.2 Å². The Morgan fingerprint density at radius 2 is 1.55 bits per heavy atom. The number of benzene rings is 2. The minimum atomic E-state index is -0.249. The molecule has 0 radical (unpaired) electrons. The van der Waals surface area contributed by atoms with E-state index in [0.717, 1.165) is 10.1 Å². The van der Waals surface area contributed by atoms with Crippen molar-refractivity contribution >= 4 is 38.9 Å². The molecule has 0 aliphatic carbocycles. The van der Waals surface area contributed by atoms with E-state index in [1.54, 1.807) is 35.6 Å². The summed E-state index contributed by atoms with van der Waals surface area (Å²) in [5.74, 6) is -0.497. The summed E-state index contributed by atoms with van der Waals surface area (Å²) in [6, 6.07) is 14.6. The maximum atomic E-state index is 12.4. The van der Waals surface area contributed by atoms with E-state index in [9.17, 15) is 9.59 Å². The summed E-state index contributed by atoms with van der Waals surface area (Å²) >= 11 is 1.60. The average molecular weight is 279 g/mol. The van der Waals surface area contributed by atoms with Gasteiger partial charge < -0.3 is 0 Å². The monoisotopic (exact) mass is 279 g/mol. The lowest BCUT2D eigenvalue weighted by atomic mass is 10.1. The van der Waals surface area contributed by atoms with Crippen molar-refractivity contribution in [2.24, 2.45) is 0 Å². The Morgan fingerprint density at radius 1 is 0.850 bits per heavy atom. The number of amides is 2. The number of anilines is 1. The Labute approximate surface area is 119 Å². The summed E-state index contributed by atoms with van der Waals surface area (Å²) in [5.41, 5.74) is 1.58. The van der Waals surface area contributed by atoms with E-state index >= 15 is 0 Å². The topological polar surface area (TPSA) is 37.4 Å². The molecule has 4 heteroatoms. The molecule has 96 valence electrons. The van der Waals surface area contributed by atoms with E-state index in [4.69, 9.17) is 0 Å². The third kappa shape index (κ3) is 1.45. The van der Waals surface area contributed by atoms with Gasteiger partial charge in [0.1, 0.15) is 0 Å². The van der Waals surface area contributed by atoms with Crippen molar-refractivity contribution < 1.29 is 9.59 Å². The minimum Gasteiger partial charge on any atom is -0.268 e. The highest BCUT2D eigenvalue weighted by Crippen LogP contribution is 2.31. The van der Waals surface area contributed by atoms with Crippen LogP contribution >= 0.6 is 11.3 Å². The summed E-state index contributed by atoms with van der Waals surface area (Å²) in [7, 11) is 0. The number of hydrogen-bond acceptors (Lipinski definition) is 3. The van der Waals surface area contributed by atoms with E-state index < -0.39 is 0 Å². The maximum Gasteiger partial charge on any atom is 0.266 e. The Balaban J connectivity index is 1.87. The fourth-order valence-corrected chi connectivity index (χ4v) is 3.33. The van der Waals surface area contributed by atoms with E-state index in [2.05, 4.69) is 0 Å². The maximum absolute atomic E-state index is 12.4. The number of carbonyl (C=O) groups excluding carboxylic acids is 2. The largest absolute Gasteiger partial charge is 0.268 e. The molecule has 3 aromatic rings. The van der Waals surface area contributed by atoms with Crippen LogP contribution in [0.4, 0.5) is 5.69 Å². The smallest absolute Gasteiger partial charge is 0.266 e. The van der Waals surface area contributed by atoms with E-state index in [1.165, 1.54) is 4.90 Å². The van der Waals surface area contributed by atoms with Crippen LogP contribution in [-0.4, -0.2) is 11.8 Å². The molecule has 3 nitrogen and oxygen atoms in total. The molecule has 2 heterocycles. The summed E-state index contributed by atoms with van der Waals surface area (Å²) < 4.78 is 1.07. The molecular weight excluding hydrogens is 270 g/mol. The van der Waals surface area contributed by atoms with Crippen LogP contribution in [0.3, 0.4) is 0 Å². The van der Waals surface area contributed by atoms with Crippen LogP contribution in [0.5, 0.6) is 0 Å². The molecule has 0 unspecified atom stereocenters. The van der Waals surface area contributed by atoms with Crippen molar-refractivity contribution in [3.8, 4) is 0 Å². The number of fused-ring (bicyclic) bond motifs is 2. The molecule has 2 aromatic carbocycles. The third-order valence-corrected chi connectivity index (χ3v) is 4.37. The molecule has 4 rings (SSSR count). The van der Waals surface area contributed by atoms with Crippen molar-refractivity contribution in [2.45, 2.75) is 0 Å². The van der Waals surface area contributed by atoms with Crippen molar-refractivity contribution in [2.75, 3.05) is 4.90 Å². The molecule has 20 heavy (non-hydrogen) atoms. The van der Waals surface area contributed by atoms with Gasteiger partial charge in [0.05, 0.1) is 16.8 Å². The predicted octanol–water partition coefficient (Wildman–Crippen LogP) is 3.70. The standard InChI is InChI=1S/C16H9NO2S/c18-15-12-3-1-2-4-13(12)16(19)17(15)11-6-5-10-7-8-20-14(10)9-11/h1-9H. The average Bonchev–Trinajstić information content (AvgIpc) is 3.03. The molecular formula is C16H9NO2S. The number of hydrogen-bond donors (Lipinski definition) is 0. The minimum absolute atomic E-state index is 0.249. The number of thiophene rings is 1. The second kappa shape index (κ2) is 4.02. The summed E-state index contributed by atoms with van der Waals surface area (Å²) in [6.45, 7) is 0. The molecule has 0 bridgehead atoms. The van der Waals surface area contributed by atoms with Gasteiger partial charge in [-0.2, -0.15) is 0 Å². The second-order valence-electron chi connectivity index (χ2n) is 4.63. The van der Waals surface area contributed by atoms with E-state index in [-0.39, 0.29) is 11.8 Å². The zero-order valence-electron chi connectivity index (χ0n) is 10.4. The molecule has 0 atom stereocenters. The zero-order valence-corrected chi connectivity index (χ0v) is 11.2. The highest BCUT2D eigenvalue weighted by atomic mass is 32.1. The highest BCUT2D eigenvalue weighted by molar-refractivity contribution is 7.17. The molecule has 1 aromatic heterocycles.